The van der Waals surface area contributed by atoms with E-state index in [4.69, 9.17) is 0 Å². The summed E-state index contributed by atoms with van der Waals surface area (Å²) in [5.41, 5.74) is 2.63. The van der Waals surface area contributed by atoms with Crippen molar-refractivity contribution in [1.29, 1.82) is 0 Å². The van der Waals surface area contributed by atoms with Gasteiger partial charge in [-0.2, -0.15) is 0 Å². The van der Waals surface area contributed by atoms with Gasteiger partial charge < -0.3 is 15.1 Å². The van der Waals surface area contributed by atoms with Gasteiger partial charge in [-0.3, -0.25) is 4.72 Å². The lowest BCUT2D eigenvalue weighted by Gasteiger charge is -2.14. The first-order chi connectivity index (χ1) is 12.8. The number of benzene rings is 3. The van der Waals surface area contributed by atoms with Gasteiger partial charge in [-0.15, -0.1) is 0 Å². The summed E-state index contributed by atoms with van der Waals surface area (Å²) in [5, 5.41) is 19.1. The van der Waals surface area contributed by atoms with E-state index < -0.39 is 10.0 Å². The summed E-state index contributed by atoms with van der Waals surface area (Å²) < 4.78 is 28.0. The molecule has 0 amide bonds. The van der Waals surface area contributed by atoms with Crippen LogP contribution in [0.4, 0.5) is 11.4 Å². The van der Waals surface area contributed by atoms with Crippen LogP contribution in [0.1, 0.15) is 0 Å². The van der Waals surface area contributed by atoms with Crippen LogP contribution >= 0.6 is 0 Å². The summed E-state index contributed by atoms with van der Waals surface area (Å²) in [5.74, 6) is -0.495. The Bertz CT molecular complexity index is 1060. The molecule has 0 saturated carbocycles. The number of nitrogens with one attached hydrogen (secondary N) is 1. The molecule has 0 aromatic heterocycles. The normalized spacial score (nSPS) is 11.2. The highest BCUT2D eigenvalue weighted by molar-refractivity contribution is 7.92. The average molecular weight is 384 g/mol. The van der Waals surface area contributed by atoms with Gasteiger partial charge in [0.25, 0.3) is 10.0 Å². The average Bonchev–Trinajstić information content (AvgIpc) is 2.64. The minimum absolute atomic E-state index is 0.101. The Labute approximate surface area is 158 Å². The summed E-state index contributed by atoms with van der Waals surface area (Å²) in [4.78, 5) is 2.03. The second kappa shape index (κ2) is 7.20. The van der Waals surface area contributed by atoms with Gasteiger partial charge >= 0.3 is 0 Å². The minimum Gasteiger partial charge on any atom is -0.504 e. The van der Waals surface area contributed by atoms with Crippen molar-refractivity contribution in [2.24, 2.45) is 0 Å². The quantitative estimate of drug-likeness (QED) is 0.585. The number of rotatable bonds is 5. The zero-order valence-corrected chi connectivity index (χ0v) is 15.7. The number of phenolic OH excluding ortho intramolecular Hbond substituents is 2. The van der Waals surface area contributed by atoms with Crippen molar-refractivity contribution in [3.05, 3.63) is 66.7 Å². The lowest BCUT2D eigenvalue weighted by molar-refractivity contribution is 0.404. The van der Waals surface area contributed by atoms with Crippen LogP contribution in [-0.4, -0.2) is 32.7 Å². The molecule has 3 N–H and O–H groups in total. The number of aromatic hydroxyl groups is 2. The molecule has 140 valence electrons. The number of hydrogen-bond donors (Lipinski definition) is 3. The molecule has 0 aliphatic heterocycles. The second-order valence-electron chi connectivity index (χ2n) is 6.28. The maximum atomic E-state index is 12.7. The Morgan fingerprint density at radius 2 is 1.48 bits per heavy atom. The van der Waals surface area contributed by atoms with Crippen LogP contribution in [0.2, 0.25) is 0 Å². The molecule has 0 radical (unpaired) electrons. The molecular weight excluding hydrogens is 364 g/mol. The second-order valence-corrected chi connectivity index (χ2v) is 7.96. The molecule has 0 bridgehead atoms. The predicted molar refractivity (Wildman–Crippen MR) is 107 cm³/mol. The number of anilines is 2. The van der Waals surface area contributed by atoms with Crippen molar-refractivity contribution in [3.8, 4) is 22.6 Å². The van der Waals surface area contributed by atoms with E-state index in [0.717, 1.165) is 5.69 Å². The highest BCUT2D eigenvalue weighted by Gasteiger charge is 2.15. The molecule has 3 aromatic rings. The number of phenols is 2. The monoisotopic (exact) mass is 384 g/mol. The Balaban J connectivity index is 1.89. The van der Waals surface area contributed by atoms with Crippen molar-refractivity contribution in [2.45, 2.75) is 4.90 Å². The largest absolute Gasteiger partial charge is 0.504 e. The van der Waals surface area contributed by atoms with Crippen molar-refractivity contribution < 1.29 is 18.6 Å². The fourth-order valence-corrected chi connectivity index (χ4v) is 3.69. The topological polar surface area (TPSA) is 89.9 Å². The lowest BCUT2D eigenvalue weighted by Crippen LogP contribution is -2.13. The highest BCUT2D eigenvalue weighted by atomic mass is 32.2. The van der Waals surface area contributed by atoms with Gasteiger partial charge in [0.05, 0.1) is 4.90 Å². The van der Waals surface area contributed by atoms with Crippen LogP contribution in [-0.2, 0) is 10.0 Å². The molecule has 27 heavy (non-hydrogen) atoms. The smallest absolute Gasteiger partial charge is 0.261 e. The van der Waals surface area contributed by atoms with E-state index >= 15 is 0 Å². The zero-order chi connectivity index (χ0) is 19.6. The van der Waals surface area contributed by atoms with Crippen LogP contribution in [0.5, 0.6) is 11.5 Å². The third-order valence-electron chi connectivity index (χ3n) is 4.09. The first-order valence-electron chi connectivity index (χ1n) is 8.19. The fraction of sp³-hybridized carbons (Fsp3) is 0.100. The van der Waals surface area contributed by atoms with E-state index in [1.165, 1.54) is 24.3 Å². The SMILES string of the molecule is CN(C)c1ccc(NS(=O)(=O)c2cccc(-c3ccc(O)c(O)c3)c2)cc1. The molecule has 0 heterocycles. The van der Waals surface area contributed by atoms with Gasteiger partial charge in [0.2, 0.25) is 0 Å². The summed E-state index contributed by atoms with van der Waals surface area (Å²) in [6.07, 6.45) is 0. The molecule has 7 heteroatoms. The van der Waals surface area contributed by atoms with E-state index in [0.29, 0.717) is 16.8 Å². The molecule has 0 atom stereocenters. The highest BCUT2D eigenvalue weighted by Crippen LogP contribution is 2.31. The predicted octanol–water partition coefficient (Wildman–Crippen LogP) is 3.63. The molecule has 0 unspecified atom stereocenters. The van der Waals surface area contributed by atoms with Gasteiger partial charge in [0.1, 0.15) is 0 Å². The first kappa shape index (κ1) is 18.6. The summed E-state index contributed by atoms with van der Waals surface area (Å²) in [6, 6.07) is 17.8. The maximum Gasteiger partial charge on any atom is 0.261 e. The van der Waals surface area contributed by atoms with E-state index in [9.17, 15) is 18.6 Å². The van der Waals surface area contributed by atoms with Crippen LogP contribution < -0.4 is 9.62 Å². The third-order valence-corrected chi connectivity index (χ3v) is 5.47. The fourth-order valence-electron chi connectivity index (χ4n) is 2.59. The Morgan fingerprint density at radius 3 is 2.11 bits per heavy atom. The molecule has 0 fully saturated rings. The van der Waals surface area contributed by atoms with Crippen LogP contribution in [0, 0.1) is 0 Å². The van der Waals surface area contributed by atoms with Gasteiger partial charge in [0.15, 0.2) is 11.5 Å². The molecule has 0 saturated heterocycles. The van der Waals surface area contributed by atoms with Crippen molar-refractivity contribution >= 4 is 21.4 Å². The molecular formula is C20H20N2O4S. The van der Waals surface area contributed by atoms with Gasteiger partial charge in [0, 0.05) is 25.5 Å². The molecule has 3 aromatic carbocycles. The van der Waals surface area contributed by atoms with E-state index in [2.05, 4.69) is 4.72 Å². The van der Waals surface area contributed by atoms with Crippen molar-refractivity contribution in [3.63, 3.8) is 0 Å². The number of sulfonamides is 1. The lowest BCUT2D eigenvalue weighted by atomic mass is 10.1. The minimum atomic E-state index is -3.77. The van der Waals surface area contributed by atoms with Crippen LogP contribution in [0.3, 0.4) is 0 Å². The zero-order valence-electron chi connectivity index (χ0n) is 14.9. The van der Waals surface area contributed by atoms with Crippen molar-refractivity contribution in [1.82, 2.24) is 0 Å². The molecule has 0 aliphatic carbocycles. The molecule has 3 rings (SSSR count). The van der Waals surface area contributed by atoms with Crippen LogP contribution in [0.25, 0.3) is 11.1 Å². The number of nitrogens with zero attached hydrogens (tertiary/aromatic N) is 1. The van der Waals surface area contributed by atoms with E-state index in [1.54, 1.807) is 30.3 Å². The standard InChI is InChI=1S/C20H20N2O4S/c1-22(2)17-9-7-16(8-10-17)21-27(25,26)18-5-3-4-14(12-18)15-6-11-19(23)20(24)13-15/h3-13,21,23-24H,1-2H3. The molecule has 6 nitrogen and oxygen atoms in total. The summed E-state index contributed by atoms with van der Waals surface area (Å²) in [6.45, 7) is 0. The molecule has 0 aliphatic rings. The Kier molecular flexibility index (Phi) is 4.96. The summed E-state index contributed by atoms with van der Waals surface area (Å²) >= 11 is 0. The maximum absolute atomic E-state index is 12.7. The van der Waals surface area contributed by atoms with Gasteiger partial charge in [-0.1, -0.05) is 18.2 Å². The van der Waals surface area contributed by atoms with Gasteiger partial charge in [-0.25, -0.2) is 8.42 Å². The van der Waals surface area contributed by atoms with E-state index in [-0.39, 0.29) is 16.4 Å². The number of hydrogen-bond acceptors (Lipinski definition) is 5. The van der Waals surface area contributed by atoms with Gasteiger partial charge in [-0.05, 0) is 59.7 Å². The summed E-state index contributed by atoms with van der Waals surface area (Å²) in [7, 11) is 0.0463. The Hall–Kier alpha value is -3.19. The van der Waals surface area contributed by atoms with E-state index in [1.807, 2.05) is 31.1 Å². The third kappa shape index (κ3) is 4.15. The van der Waals surface area contributed by atoms with Crippen LogP contribution in [0.15, 0.2) is 71.6 Å². The van der Waals surface area contributed by atoms with Crippen molar-refractivity contribution in [2.75, 3.05) is 23.7 Å². The Morgan fingerprint density at radius 1 is 0.815 bits per heavy atom. The molecule has 0 spiro atoms. The first-order valence-corrected chi connectivity index (χ1v) is 9.67.